The van der Waals surface area contributed by atoms with Gasteiger partial charge in [-0.1, -0.05) is 24.3 Å². The summed E-state index contributed by atoms with van der Waals surface area (Å²) in [6, 6.07) is 10.5. The zero-order valence-corrected chi connectivity index (χ0v) is 13.8. The van der Waals surface area contributed by atoms with Crippen LogP contribution >= 0.6 is 0 Å². The van der Waals surface area contributed by atoms with Crippen molar-refractivity contribution >= 4 is 17.6 Å². The van der Waals surface area contributed by atoms with Gasteiger partial charge in [0.1, 0.15) is 17.2 Å². The van der Waals surface area contributed by atoms with Gasteiger partial charge in [0, 0.05) is 11.7 Å². The van der Waals surface area contributed by atoms with E-state index in [0.717, 1.165) is 29.4 Å². The Morgan fingerprint density at radius 2 is 1.76 bits per heavy atom. The molecule has 0 fully saturated rings. The summed E-state index contributed by atoms with van der Waals surface area (Å²) in [5.74, 6) is -3.67. The average molecular weight is 345 g/mol. The second-order valence-corrected chi connectivity index (χ2v) is 6.03. The van der Waals surface area contributed by atoms with Crippen LogP contribution in [-0.4, -0.2) is 24.0 Å². The zero-order chi connectivity index (χ0) is 18.1. The van der Waals surface area contributed by atoms with Crippen LogP contribution in [0.4, 0.5) is 14.5 Å². The van der Waals surface area contributed by atoms with Crippen LogP contribution in [0.2, 0.25) is 0 Å². The molecule has 0 aliphatic carbocycles. The number of fused-ring (bicyclic) bond motifs is 1. The fourth-order valence-electron chi connectivity index (χ4n) is 3.06. The van der Waals surface area contributed by atoms with Gasteiger partial charge < -0.3 is 9.64 Å². The van der Waals surface area contributed by atoms with Crippen LogP contribution in [-0.2, 0) is 16.0 Å². The first-order valence-electron chi connectivity index (χ1n) is 7.96. The van der Waals surface area contributed by atoms with Gasteiger partial charge in [0.25, 0.3) is 5.91 Å². The van der Waals surface area contributed by atoms with Crippen LogP contribution in [0.3, 0.4) is 0 Å². The lowest BCUT2D eigenvalue weighted by atomic mass is 10.1. The molecule has 0 radical (unpaired) electrons. The van der Waals surface area contributed by atoms with Crippen LogP contribution < -0.4 is 4.90 Å². The number of hydrogen-bond acceptors (Lipinski definition) is 3. The van der Waals surface area contributed by atoms with Crippen LogP contribution in [0, 0.1) is 11.6 Å². The first-order valence-corrected chi connectivity index (χ1v) is 7.96. The Labute approximate surface area is 144 Å². The number of carbonyl (C=O) groups is 2. The van der Waals surface area contributed by atoms with Crippen molar-refractivity contribution in [1.29, 1.82) is 0 Å². The smallest absolute Gasteiger partial charge is 0.344 e. The van der Waals surface area contributed by atoms with Gasteiger partial charge >= 0.3 is 5.97 Å². The van der Waals surface area contributed by atoms with E-state index in [1.807, 2.05) is 31.2 Å². The molecule has 0 saturated heterocycles. The minimum absolute atomic E-state index is 0.0868. The quantitative estimate of drug-likeness (QED) is 0.800. The van der Waals surface area contributed by atoms with Gasteiger partial charge in [0.15, 0.2) is 6.10 Å². The summed E-state index contributed by atoms with van der Waals surface area (Å²) in [5, 5.41) is 0. The van der Waals surface area contributed by atoms with E-state index < -0.39 is 35.2 Å². The zero-order valence-electron chi connectivity index (χ0n) is 13.8. The van der Waals surface area contributed by atoms with Crippen LogP contribution in [0.25, 0.3) is 0 Å². The molecule has 6 heteroatoms. The van der Waals surface area contributed by atoms with Crippen molar-refractivity contribution in [3.05, 3.63) is 65.2 Å². The summed E-state index contributed by atoms with van der Waals surface area (Å²) < 4.78 is 32.4. The molecule has 0 N–H and O–H groups in total. The predicted molar refractivity (Wildman–Crippen MR) is 88.3 cm³/mol. The lowest BCUT2D eigenvalue weighted by Gasteiger charge is -2.26. The molecular weight excluding hydrogens is 328 g/mol. The minimum Gasteiger partial charge on any atom is -0.449 e. The van der Waals surface area contributed by atoms with Crippen molar-refractivity contribution in [2.24, 2.45) is 0 Å². The Bertz CT molecular complexity index is 817. The molecule has 1 aliphatic heterocycles. The Hall–Kier alpha value is -2.76. The second kappa shape index (κ2) is 6.63. The van der Waals surface area contributed by atoms with Gasteiger partial charge in [-0.2, -0.15) is 0 Å². The molecule has 2 aromatic rings. The van der Waals surface area contributed by atoms with E-state index >= 15 is 0 Å². The third-order valence-corrected chi connectivity index (χ3v) is 4.24. The van der Waals surface area contributed by atoms with E-state index in [1.165, 1.54) is 6.92 Å². The molecule has 0 unspecified atom stereocenters. The monoisotopic (exact) mass is 345 g/mol. The molecule has 130 valence electrons. The Kier molecular flexibility index (Phi) is 4.53. The van der Waals surface area contributed by atoms with E-state index in [9.17, 15) is 18.4 Å². The molecule has 1 aliphatic rings. The molecule has 0 bridgehead atoms. The molecule has 2 aromatic carbocycles. The second-order valence-electron chi connectivity index (χ2n) is 6.03. The van der Waals surface area contributed by atoms with Gasteiger partial charge in [-0.05, 0) is 44.0 Å². The number of hydrogen-bond donors (Lipinski definition) is 0. The fraction of sp³-hybridized carbons (Fsp3) is 0.263. The lowest BCUT2D eigenvalue weighted by molar-refractivity contribution is -0.126. The molecule has 1 amide bonds. The fourth-order valence-corrected chi connectivity index (χ4v) is 3.06. The molecule has 2 atom stereocenters. The van der Waals surface area contributed by atoms with Crippen molar-refractivity contribution in [3.63, 3.8) is 0 Å². The molecule has 0 spiro atoms. The Morgan fingerprint density at radius 3 is 2.44 bits per heavy atom. The first-order chi connectivity index (χ1) is 11.9. The predicted octanol–water partition coefficient (Wildman–Crippen LogP) is 3.49. The highest BCUT2D eigenvalue weighted by molar-refractivity contribution is 6.01. The number of nitrogens with zero attached hydrogens (tertiary/aromatic N) is 1. The molecule has 0 saturated carbocycles. The van der Waals surface area contributed by atoms with Crippen molar-refractivity contribution in [1.82, 2.24) is 0 Å². The summed E-state index contributed by atoms with van der Waals surface area (Å²) in [5.41, 5.74) is 0.999. The van der Waals surface area contributed by atoms with Gasteiger partial charge in [-0.15, -0.1) is 0 Å². The average Bonchev–Trinajstić information content (AvgIpc) is 2.89. The normalized spacial score (nSPS) is 17.1. The molecule has 0 aromatic heterocycles. The highest BCUT2D eigenvalue weighted by Crippen LogP contribution is 2.32. The van der Waals surface area contributed by atoms with E-state index in [0.29, 0.717) is 6.42 Å². The minimum atomic E-state index is -1.20. The van der Waals surface area contributed by atoms with E-state index in [2.05, 4.69) is 0 Å². The number of para-hydroxylation sites is 1. The third kappa shape index (κ3) is 3.12. The highest BCUT2D eigenvalue weighted by Gasteiger charge is 2.35. The summed E-state index contributed by atoms with van der Waals surface area (Å²) in [7, 11) is 0. The number of benzene rings is 2. The molecule has 1 heterocycles. The topological polar surface area (TPSA) is 46.6 Å². The van der Waals surface area contributed by atoms with Gasteiger partial charge in [0.05, 0.1) is 0 Å². The van der Waals surface area contributed by atoms with E-state index in [4.69, 9.17) is 4.74 Å². The summed E-state index contributed by atoms with van der Waals surface area (Å²) in [4.78, 5) is 26.3. The highest BCUT2D eigenvalue weighted by atomic mass is 19.1. The number of ether oxygens (including phenoxy) is 1. The largest absolute Gasteiger partial charge is 0.449 e. The Morgan fingerprint density at radius 1 is 1.12 bits per heavy atom. The summed E-state index contributed by atoms with van der Waals surface area (Å²) >= 11 is 0. The summed E-state index contributed by atoms with van der Waals surface area (Å²) in [6.45, 7) is 3.29. The lowest BCUT2D eigenvalue weighted by Crippen LogP contribution is -2.43. The number of anilines is 1. The van der Waals surface area contributed by atoms with Crippen LogP contribution in [0.1, 0.15) is 29.8 Å². The SMILES string of the molecule is C[C@H](OC(=O)c1c(F)cccc1F)C(=O)N1c2ccccc2C[C@@H]1C. The molecular formula is C19H17F2NO3. The standard InChI is InChI=1S/C19H17F2NO3/c1-11-10-13-6-3-4-9-16(13)22(11)18(23)12(2)25-19(24)17-14(20)7-5-8-15(17)21/h3-9,11-12H,10H2,1-2H3/t11-,12-/m0/s1. The number of halogens is 2. The number of rotatable bonds is 3. The van der Waals surface area contributed by atoms with E-state index in [-0.39, 0.29) is 6.04 Å². The van der Waals surface area contributed by atoms with E-state index in [1.54, 1.807) is 4.90 Å². The van der Waals surface area contributed by atoms with Crippen LogP contribution in [0.15, 0.2) is 42.5 Å². The maximum atomic E-state index is 13.7. The maximum absolute atomic E-state index is 13.7. The number of esters is 1. The van der Waals surface area contributed by atoms with Crippen molar-refractivity contribution < 1.29 is 23.1 Å². The van der Waals surface area contributed by atoms with Gasteiger partial charge in [0.2, 0.25) is 0 Å². The molecule has 25 heavy (non-hydrogen) atoms. The third-order valence-electron chi connectivity index (χ3n) is 4.24. The summed E-state index contributed by atoms with van der Waals surface area (Å²) in [6.07, 6.45) is -0.468. The van der Waals surface area contributed by atoms with Gasteiger partial charge in [-0.25, -0.2) is 13.6 Å². The van der Waals surface area contributed by atoms with Crippen molar-refractivity contribution in [2.45, 2.75) is 32.4 Å². The Balaban J connectivity index is 1.79. The molecule has 3 rings (SSSR count). The van der Waals surface area contributed by atoms with Crippen molar-refractivity contribution in [3.8, 4) is 0 Å². The number of amides is 1. The first kappa shape index (κ1) is 17.1. The van der Waals surface area contributed by atoms with Gasteiger partial charge in [-0.3, -0.25) is 4.79 Å². The number of carbonyl (C=O) groups excluding carboxylic acids is 2. The van der Waals surface area contributed by atoms with Crippen molar-refractivity contribution in [2.75, 3.05) is 4.90 Å². The molecule has 4 nitrogen and oxygen atoms in total. The van der Waals surface area contributed by atoms with Crippen LogP contribution in [0.5, 0.6) is 0 Å². The maximum Gasteiger partial charge on any atom is 0.344 e.